The number of hydrogen-bond donors (Lipinski definition) is 3. The van der Waals surface area contributed by atoms with Gasteiger partial charge < -0.3 is 20.7 Å². The Kier molecular flexibility index (Phi) is 11.7. The van der Waals surface area contributed by atoms with E-state index in [1.54, 1.807) is 91.5 Å². The standard InChI is InChI=1S/C39H39N5O5S/c1-5-34(38(47)42-35-26(3)43(4)44(39(35)48)30-17-11-8-12-18-30)50-32-19-13-16-29(25-32)40-37(46)33(41-36(45)28-14-9-7-10-15-28)24-27-20-22-31(23-21-27)49-6-2/h7-25,34H,5-6H2,1-4H3,(H,40,46)(H,41,45)(H,42,47)/b33-24+. The lowest BCUT2D eigenvalue weighted by molar-refractivity contribution is -0.116. The number of carbonyl (C=O) groups excluding carboxylic acids is 3. The van der Waals surface area contributed by atoms with Crippen LogP contribution in [0, 0.1) is 6.92 Å². The first-order valence-corrected chi connectivity index (χ1v) is 17.1. The Morgan fingerprint density at radius 1 is 0.860 bits per heavy atom. The zero-order valence-electron chi connectivity index (χ0n) is 28.3. The predicted molar refractivity (Wildman–Crippen MR) is 199 cm³/mol. The molecule has 4 aromatic carbocycles. The molecule has 11 heteroatoms. The van der Waals surface area contributed by atoms with Crippen LogP contribution in [-0.4, -0.2) is 38.9 Å². The van der Waals surface area contributed by atoms with Crippen LogP contribution in [0.2, 0.25) is 0 Å². The second kappa shape index (κ2) is 16.5. The van der Waals surface area contributed by atoms with Gasteiger partial charge in [0.15, 0.2) is 0 Å². The highest BCUT2D eigenvalue weighted by atomic mass is 32.2. The van der Waals surface area contributed by atoms with Crippen LogP contribution in [0.5, 0.6) is 5.75 Å². The Balaban J connectivity index is 1.32. The molecular formula is C39H39N5O5S. The Labute approximate surface area is 295 Å². The number of rotatable bonds is 13. The maximum atomic E-state index is 13.6. The van der Waals surface area contributed by atoms with Crippen LogP contribution in [-0.2, 0) is 16.6 Å². The average molecular weight is 690 g/mol. The van der Waals surface area contributed by atoms with E-state index in [0.29, 0.717) is 47.0 Å². The van der Waals surface area contributed by atoms with Crippen molar-refractivity contribution in [3.63, 3.8) is 0 Å². The zero-order valence-corrected chi connectivity index (χ0v) is 29.1. The van der Waals surface area contributed by atoms with Crippen LogP contribution in [0.25, 0.3) is 11.8 Å². The maximum absolute atomic E-state index is 13.6. The monoisotopic (exact) mass is 689 g/mol. The number of carbonyl (C=O) groups is 3. The average Bonchev–Trinajstić information content (AvgIpc) is 3.34. The molecule has 0 fully saturated rings. The molecule has 3 amide bonds. The molecule has 0 saturated heterocycles. The van der Waals surface area contributed by atoms with E-state index in [9.17, 15) is 19.2 Å². The summed E-state index contributed by atoms with van der Waals surface area (Å²) in [6.45, 7) is 6.11. The van der Waals surface area contributed by atoms with E-state index in [2.05, 4.69) is 16.0 Å². The number of aromatic nitrogens is 2. The minimum Gasteiger partial charge on any atom is -0.494 e. The molecule has 5 rings (SSSR count). The van der Waals surface area contributed by atoms with Gasteiger partial charge in [-0.3, -0.25) is 23.9 Å². The van der Waals surface area contributed by atoms with Gasteiger partial charge in [0, 0.05) is 23.2 Å². The maximum Gasteiger partial charge on any atom is 0.295 e. The number of nitrogens with zero attached hydrogens (tertiary/aromatic N) is 2. The lowest BCUT2D eigenvalue weighted by Gasteiger charge is -2.15. The lowest BCUT2D eigenvalue weighted by Crippen LogP contribution is -2.30. The molecule has 0 aliphatic heterocycles. The van der Waals surface area contributed by atoms with Crippen molar-refractivity contribution in [3.8, 4) is 11.4 Å². The van der Waals surface area contributed by atoms with E-state index in [-0.39, 0.29) is 22.9 Å². The molecule has 50 heavy (non-hydrogen) atoms. The molecule has 10 nitrogen and oxygen atoms in total. The first kappa shape index (κ1) is 35.5. The van der Waals surface area contributed by atoms with Gasteiger partial charge in [-0.15, -0.1) is 11.8 Å². The van der Waals surface area contributed by atoms with E-state index in [1.165, 1.54) is 16.4 Å². The second-order valence-corrected chi connectivity index (χ2v) is 12.6. The van der Waals surface area contributed by atoms with E-state index in [1.807, 2.05) is 56.3 Å². The summed E-state index contributed by atoms with van der Waals surface area (Å²) in [5, 5.41) is 7.98. The fourth-order valence-electron chi connectivity index (χ4n) is 5.18. The molecule has 3 N–H and O–H groups in total. The smallest absolute Gasteiger partial charge is 0.295 e. The lowest BCUT2D eigenvalue weighted by atomic mass is 10.1. The Morgan fingerprint density at radius 2 is 1.54 bits per heavy atom. The Hall–Kier alpha value is -5.81. The molecule has 0 bridgehead atoms. The van der Waals surface area contributed by atoms with Crippen molar-refractivity contribution in [1.29, 1.82) is 0 Å². The van der Waals surface area contributed by atoms with Crippen LogP contribution in [0.1, 0.15) is 41.9 Å². The zero-order chi connectivity index (χ0) is 35.6. The highest BCUT2D eigenvalue weighted by Gasteiger charge is 2.24. The van der Waals surface area contributed by atoms with Gasteiger partial charge in [0.25, 0.3) is 17.4 Å². The van der Waals surface area contributed by atoms with E-state index in [4.69, 9.17) is 4.74 Å². The minimum absolute atomic E-state index is 0.0475. The van der Waals surface area contributed by atoms with Gasteiger partial charge >= 0.3 is 0 Å². The number of para-hydroxylation sites is 1. The van der Waals surface area contributed by atoms with Crippen LogP contribution in [0.3, 0.4) is 0 Å². The van der Waals surface area contributed by atoms with Crippen molar-refractivity contribution in [3.05, 3.63) is 142 Å². The fraction of sp³-hybridized carbons (Fsp3) is 0.179. The van der Waals surface area contributed by atoms with Crippen LogP contribution >= 0.6 is 11.8 Å². The summed E-state index contributed by atoms with van der Waals surface area (Å²) in [7, 11) is 1.77. The Morgan fingerprint density at radius 3 is 2.20 bits per heavy atom. The normalized spacial score (nSPS) is 11.8. The second-order valence-electron chi connectivity index (χ2n) is 11.3. The molecule has 0 saturated carbocycles. The van der Waals surface area contributed by atoms with Gasteiger partial charge in [-0.25, -0.2) is 4.68 Å². The number of anilines is 2. The number of amides is 3. The van der Waals surface area contributed by atoms with E-state index < -0.39 is 17.1 Å². The number of nitrogens with one attached hydrogen (secondary N) is 3. The first-order valence-electron chi connectivity index (χ1n) is 16.2. The summed E-state index contributed by atoms with van der Waals surface area (Å²) in [4.78, 5) is 54.3. The summed E-state index contributed by atoms with van der Waals surface area (Å²) in [6, 6.07) is 32.2. The molecule has 0 aliphatic carbocycles. The van der Waals surface area contributed by atoms with Gasteiger partial charge in [-0.2, -0.15) is 0 Å². The van der Waals surface area contributed by atoms with E-state index in [0.717, 1.165) is 4.90 Å². The van der Waals surface area contributed by atoms with Crippen LogP contribution in [0.15, 0.2) is 125 Å². The number of ether oxygens (including phenoxy) is 1. The van der Waals surface area contributed by atoms with E-state index >= 15 is 0 Å². The third-order valence-corrected chi connectivity index (χ3v) is 9.22. The summed E-state index contributed by atoms with van der Waals surface area (Å²) in [5.74, 6) is -0.560. The first-order chi connectivity index (χ1) is 24.2. The minimum atomic E-state index is -0.524. The summed E-state index contributed by atoms with van der Waals surface area (Å²) >= 11 is 1.33. The molecule has 0 aliphatic rings. The van der Waals surface area contributed by atoms with Crippen molar-refractivity contribution in [2.45, 2.75) is 37.3 Å². The number of thioether (sulfide) groups is 1. The third kappa shape index (κ3) is 8.61. The molecule has 0 radical (unpaired) electrons. The van der Waals surface area contributed by atoms with Crippen molar-refractivity contribution in [1.82, 2.24) is 14.7 Å². The molecule has 1 unspecified atom stereocenters. The van der Waals surface area contributed by atoms with Crippen molar-refractivity contribution in [2.24, 2.45) is 7.05 Å². The molecule has 0 spiro atoms. The van der Waals surface area contributed by atoms with Crippen molar-refractivity contribution >= 4 is 46.9 Å². The number of hydrogen-bond acceptors (Lipinski definition) is 6. The van der Waals surface area contributed by atoms with Crippen LogP contribution < -0.4 is 26.2 Å². The molecule has 1 heterocycles. The molecule has 1 atom stereocenters. The van der Waals surface area contributed by atoms with Gasteiger partial charge in [-0.05, 0) is 86.5 Å². The molecule has 1 aromatic heterocycles. The van der Waals surface area contributed by atoms with Crippen molar-refractivity contribution < 1.29 is 19.1 Å². The van der Waals surface area contributed by atoms with Gasteiger partial charge in [-0.1, -0.05) is 61.5 Å². The molecular weight excluding hydrogens is 651 g/mol. The van der Waals surface area contributed by atoms with Gasteiger partial charge in [0.05, 0.1) is 23.2 Å². The van der Waals surface area contributed by atoms with Crippen molar-refractivity contribution in [2.75, 3.05) is 17.2 Å². The third-order valence-electron chi connectivity index (χ3n) is 7.87. The summed E-state index contributed by atoms with van der Waals surface area (Å²) in [5.41, 5.74) is 2.86. The summed E-state index contributed by atoms with van der Waals surface area (Å²) < 4.78 is 8.76. The predicted octanol–water partition coefficient (Wildman–Crippen LogP) is 6.80. The SMILES string of the molecule is CCOc1ccc(/C=C(/NC(=O)c2ccccc2)C(=O)Nc2cccc(SC(CC)C(=O)Nc3c(C)n(C)n(-c4ccccc4)c3=O)c2)cc1. The molecule has 5 aromatic rings. The Bertz CT molecular complexity index is 2050. The van der Waals surface area contributed by atoms with Crippen LogP contribution in [0.4, 0.5) is 11.4 Å². The summed E-state index contributed by atoms with van der Waals surface area (Å²) in [6.07, 6.45) is 2.09. The molecule has 256 valence electrons. The topological polar surface area (TPSA) is 123 Å². The highest BCUT2D eigenvalue weighted by molar-refractivity contribution is 8.00. The largest absolute Gasteiger partial charge is 0.494 e. The van der Waals surface area contributed by atoms with Gasteiger partial charge in [0.1, 0.15) is 17.1 Å². The van der Waals surface area contributed by atoms with Gasteiger partial charge in [0.2, 0.25) is 5.91 Å². The highest BCUT2D eigenvalue weighted by Crippen LogP contribution is 2.29. The quantitative estimate of drug-likeness (QED) is 0.0923. The fourth-order valence-corrected chi connectivity index (χ4v) is 6.20. The number of benzene rings is 4.